The zero-order valence-corrected chi connectivity index (χ0v) is 4.18. The van der Waals surface area contributed by atoms with E-state index in [1.54, 1.807) is 0 Å². The highest BCUT2D eigenvalue weighted by molar-refractivity contribution is 4.92. The number of hydrogen-bond donors (Lipinski definition) is 1. The van der Waals surface area contributed by atoms with Crippen LogP contribution in [0.4, 0.5) is 0 Å². The van der Waals surface area contributed by atoms with Gasteiger partial charge in [0.1, 0.15) is 0 Å². The lowest BCUT2D eigenvalue weighted by atomic mass is 10.2. The van der Waals surface area contributed by atoms with Crippen molar-refractivity contribution < 1.29 is 10.2 Å². The van der Waals surface area contributed by atoms with E-state index in [2.05, 4.69) is 0 Å². The lowest BCUT2D eigenvalue weighted by molar-refractivity contribution is 0.0872. The molecule has 0 bridgehead atoms. The first-order valence-corrected chi connectivity index (χ1v) is 2.57. The summed E-state index contributed by atoms with van der Waals surface area (Å²) < 4.78 is 0. The highest BCUT2D eigenvalue weighted by Gasteiger charge is 2.39. The van der Waals surface area contributed by atoms with Gasteiger partial charge in [0.05, 0.1) is 12.2 Å². The first kappa shape index (κ1) is 5.06. The smallest absolute Gasteiger partial charge is 0.0849 e. The van der Waals surface area contributed by atoms with Gasteiger partial charge in [-0.05, 0) is 12.8 Å². The van der Waals surface area contributed by atoms with Crippen molar-refractivity contribution in [2.75, 3.05) is 6.61 Å². The van der Waals surface area contributed by atoms with Gasteiger partial charge in [0.2, 0.25) is 0 Å². The summed E-state index contributed by atoms with van der Waals surface area (Å²) in [6.45, 7) is -0.128. The average Bonchev–Trinajstić information content (AvgIpc) is 2.22. The molecule has 1 aliphatic carbocycles. The molecule has 0 aliphatic heterocycles. The second-order valence-electron chi connectivity index (χ2n) is 2.18. The molecule has 0 aromatic heterocycles. The molecule has 0 unspecified atom stereocenters. The van der Waals surface area contributed by atoms with E-state index in [1.807, 2.05) is 0 Å². The van der Waals surface area contributed by atoms with Crippen molar-refractivity contribution in [3.63, 3.8) is 0 Å². The third kappa shape index (κ3) is 1.14. The molecule has 0 amide bonds. The Hall–Kier alpha value is -0.0800. The lowest BCUT2D eigenvalue weighted by Crippen LogP contribution is -2.07. The van der Waals surface area contributed by atoms with Gasteiger partial charge in [-0.1, -0.05) is 0 Å². The Morgan fingerprint density at radius 1 is 1.57 bits per heavy atom. The summed E-state index contributed by atoms with van der Waals surface area (Å²) in [5.74, 6) is 0. The largest absolute Gasteiger partial charge is 0.390 e. The van der Waals surface area contributed by atoms with Crippen molar-refractivity contribution in [1.82, 2.24) is 0 Å². The first-order valence-electron chi connectivity index (χ1n) is 2.57. The molecule has 2 heteroatoms. The van der Waals surface area contributed by atoms with Crippen molar-refractivity contribution in [2.45, 2.75) is 24.9 Å². The fraction of sp³-hybridized carbons (Fsp3) is 1.00. The van der Waals surface area contributed by atoms with E-state index < -0.39 is 5.60 Å². The highest BCUT2D eigenvalue weighted by atomic mass is 16.3. The van der Waals surface area contributed by atoms with Crippen molar-refractivity contribution >= 4 is 0 Å². The summed E-state index contributed by atoms with van der Waals surface area (Å²) in [4.78, 5) is 0. The van der Waals surface area contributed by atoms with E-state index in [0.29, 0.717) is 6.42 Å². The SMILES string of the molecule is [O]CCC1(O)CC1. The van der Waals surface area contributed by atoms with Crippen LogP contribution in [-0.2, 0) is 5.11 Å². The molecule has 0 aromatic rings. The van der Waals surface area contributed by atoms with Gasteiger partial charge in [-0.25, -0.2) is 5.11 Å². The summed E-state index contributed by atoms with van der Waals surface area (Å²) in [5, 5.41) is 18.8. The molecule has 41 valence electrons. The van der Waals surface area contributed by atoms with Gasteiger partial charge in [-0.2, -0.15) is 0 Å². The van der Waals surface area contributed by atoms with Gasteiger partial charge in [0.25, 0.3) is 0 Å². The second-order valence-corrected chi connectivity index (χ2v) is 2.18. The molecule has 0 aromatic carbocycles. The Morgan fingerprint density at radius 3 is 2.29 bits per heavy atom. The summed E-state index contributed by atoms with van der Waals surface area (Å²) in [6.07, 6.45) is 2.14. The van der Waals surface area contributed by atoms with Crippen molar-refractivity contribution in [3.8, 4) is 0 Å². The Kier molecular flexibility index (Phi) is 1.05. The zero-order valence-electron chi connectivity index (χ0n) is 4.18. The summed E-state index contributed by atoms with van der Waals surface area (Å²) in [5.41, 5.74) is -0.512. The molecule has 1 radical (unpaired) electrons. The molecule has 0 spiro atoms. The Labute approximate surface area is 42.8 Å². The second kappa shape index (κ2) is 1.46. The Morgan fingerprint density at radius 2 is 2.14 bits per heavy atom. The summed E-state index contributed by atoms with van der Waals surface area (Å²) >= 11 is 0. The predicted octanol–water partition coefficient (Wildman–Crippen LogP) is 0.332. The van der Waals surface area contributed by atoms with Crippen LogP contribution in [0.25, 0.3) is 0 Å². The molecule has 2 nitrogen and oxygen atoms in total. The van der Waals surface area contributed by atoms with Gasteiger partial charge in [-0.15, -0.1) is 0 Å². The molecule has 1 fully saturated rings. The molecule has 1 aliphatic rings. The third-order valence-corrected chi connectivity index (χ3v) is 1.39. The van der Waals surface area contributed by atoms with Gasteiger partial charge >= 0.3 is 0 Å². The van der Waals surface area contributed by atoms with E-state index in [4.69, 9.17) is 5.11 Å². The number of rotatable bonds is 2. The van der Waals surface area contributed by atoms with Gasteiger partial charge in [-0.3, -0.25) is 0 Å². The Balaban J connectivity index is 2.13. The molecule has 1 N–H and O–H groups in total. The van der Waals surface area contributed by atoms with E-state index in [1.165, 1.54) is 0 Å². The summed E-state index contributed by atoms with van der Waals surface area (Å²) in [7, 11) is 0. The quantitative estimate of drug-likeness (QED) is 0.535. The van der Waals surface area contributed by atoms with Crippen LogP contribution in [0.2, 0.25) is 0 Å². The molecule has 0 saturated heterocycles. The molecule has 0 atom stereocenters. The monoisotopic (exact) mass is 101 g/mol. The van der Waals surface area contributed by atoms with Gasteiger partial charge in [0, 0.05) is 6.42 Å². The molecule has 0 heterocycles. The Bertz CT molecular complexity index is 66.5. The van der Waals surface area contributed by atoms with Crippen molar-refractivity contribution in [2.24, 2.45) is 0 Å². The molecular weight excluding hydrogens is 92.1 g/mol. The lowest BCUT2D eigenvalue weighted by Gasteiger charge is -1.99. The van der Waals surface area contributed by atoms with Crippen molar-refractivity contribution in [3.05, 3.63) is 0 Å². The van der Waals surface area contributed by atoms with E-state index in [0.717, 1.165) is 12.8 Å². The first-order chi connectivity index (χ1) is 3.27. The van der Waals surface area contributed by atoms with Gasteiger partial charge in [0.15, 0.2) is 0 Å². The van der Waals surface area contributed by atoms with E-state index in [-0.39, 0.29) is 6.61 Å². The fourth-order valence-electron chi connectivity index (χ4n) is 0.584. The van der Waals surface area contributed by atoms with Crippen LogP contribution < -0.4 is 0 Å². The average molecular weight is 101 g/mol. The van der Waals surface area contributed by atoms with Crippen molar-refractivity contribution in [1.29, 1.82) is 0 Å². The molecule has 7 heavy (non-hydrogen) atoms. The maximum Gasteiger partial charge on any atom is 0.0849 e. The number of hydrogen-bond acceptors (Lipinski definition) is 1. The number of aliphatic hydroxyl groups is 1. The minimum atomic E-state index is -0.512. The highest BCUT2D eigenvalue weighted by Crippen LogP contribution is 2.37. The fourth-order valence-corrected chi connectivity index (χ4v) is 0.584. The third-order valence-electron chi connectivity index (χ3n) is 1.39. The zero-order chi connectivity index (χ0) is 5.33. The van der Waals surface area contributed by atoms with Crippen LogP contribution in [0, 0.1) is 0 Å². The van der Waals surface area contributed by atoms with Crippen LogP contribution in [0.3, 0.4) is 0 Å². The maximum absolute atomic E-state index is 9.83. The molecule has 1 rings (SSSR count). The topological polar surface area (TPSA) is 40.1 Å². The molecule has 1 saturated carbocycles. The van der Waals surface area contributed by atoms with Crippen LogP contribution in [0.1, 0.15) is 19.3 Å². The predicted molar refractivity (Wildman–Crippen MR) is 24.4 cm³/mol. The standard InChI is InChI=1S/C5H9O2/c6-4-3-5(7)1-2-5/h7H,1-4H2. The minimum absolute atomic E-state index is 0.128. The van der Waals surface area contributed by atoms with Crippen LogP contribution >= 0.6 is 0 Å². The van der Waals surface area contributed by atoms with Gasteiger partial charge < -0.3 is 5.11 Å². The normalized spacial score (nSPS) is 24.9. The van der Waals surface area contributed by atoms with Crippen LogP contribution in [0.15, 0.2) is 0 Å². The summed E-state index contributed by atoms with van der Waals surface area (Å²) in [6, 6.07) is 0. The van der Waals surface area contributed by atoms with E-state index in [9.17, 15) is 5.11 Å². The van der Waals surface area contributed by atoms with E-state index >= 15 is 0 Å². The maximum atomic E-state index is 9.83. The van der Waals surface area contributed by atoms with Crippen LogP contribution in [0.5, 0.6) is 0 Å². The molecular formula is C5H9O2. The minimum Gasteiger partial charge on any atom is -0.390 e. The van der Waals surface area contributed by atoms with Crippen LogP contribution in [-0.4, -0.2) is 17.3 Å².